The lowest BCUT2D eigenvalue weighted by atomic mass is 10.1. The molecule has 1 aliphatic rings. The molecule has 0 saturated carbocycles. The minimum atomic E-state index is 0.474. The molecule has 0 aliphatic carbocycles. The summed E-state index contributed by atoms with van der Waals surface area (Å²) < 4.78 is 0. The Bertz CT molecular complexity index is 549. The highest BCUT2D eigenvalue weighted by Crippen LogP contribution is 2.33. The van der Waals surface area contributed by atoms with E-state index < -0.39 is 0 Å². The van der Waals surface area contributed by atoms with Crippen molar-refractivity contribution in [1.82, 2.24) is 19.9 Å². The van der Waals surface area contributed by atoms with Gasteiger partial charge in [-0.05, 0) is 37.1 Å². The Kier molecular flexibility index (Phi) is 3.69. The summed E-state index contributed by atoms with van der Waals surface area (Å²) in [6.07, 6.45) is 8.06. The summed E-state index contributed by atoms with van der Waals surface area (Å²) in [7, 11) is 4.06. The van der Waals surface area contributed by atoms with Gasteiger partial charge in [0.1, 0.15) is 11.6 Å². The Labute approximate surface area is 119 Å². The molecular weight excluding hydrogens is 250 g/mol. The molecule has 2 aromatic rings. The summed E-state index contributed by atoms with van der Waals surface area (Å²) in [6.45, 7) is 2.02. The molecule has 0 radical (unpaired) electrons. The molecule has 1 N–H and O–H groups in total. The fourth-order valence-corrected chi connectivity index (χ4v) is 2.86. The van der Waals surface area contributed by atoms with Gasteiger partial charge in [-0.2, -0.15) is 0 Å². The van der Waals surface area contributed by atoms with Gasteiger partial charge in [0.15, 0.2) is 0 Å². The maximum Gasteiger partial charge on any atom is 0.128 e. The Balaban J connectivity index is 1.79. The average Bonchev–Trinajstić information content (AvgIpc) is 3.11. The molecule has 5 heteroatoms. The molecule has 3 rings (SSSR count). The van der Waals surface area contributed by atoms with E-state index in [0.29, 0.717) is 6.04 Å². The molecule has 3 heterocycles. The van der Waals surface area contributed by atoms with Crippen LogP contribution in [0.1, 0.15) is 30.3 Å². The number of rotatable bonds is 4. The fraction of sp³-hybridized carbons (Fsp3) is 0.467. The van der Waals surface area contributed by atoms with Gasteiger partial charge in [-0.1, -0.05) is 0 Å². The number of hydrogen-bond acceptors (Lipinski definition) is 4. The van der Waals surface area contributed by atoms with E-state index in [9.17, 15) is 0 Å². The maximum atomic E-state index is 4.40. The van der Waals surface area contributed by atoms with Gasteiger partial charge in [-0.25, -0.2) is 9.97 Å². The number of aromatic amines is 1. The van der Waals surface area contributed by atoms with Crippen LogP contribution in [-0.4, -0.2) is 40.5 Å². The van der Waals surface area contributed by atoms with E-state index in [-0.39, 0.29) is 0 Å². The number of aromatic nitrogens is 3. The highest BCUT2D eigenvalue weighted by molar-refractivity contribution is 5.40. The standard InChI is InChI=1S/C15H21N5/c1-19(2)15-10-12(5-6-18-15)13-4-3-9-20(13)11-14-16-7-8-17-14/h5-8,10,13H,3-4,9,11H2,1-2H3,(H,16,17). The van der Waals surface area contributed by atoms with Crippen LogP contribution in [-0.2, 0) is 6.54 Å². The lowest BCUT2D eigenvalue weighted by Crippen LogP contribution is -2.23. The zero-order valence-electron chi connectivity index (χ0n) is 12.1. The van der Waals surface area contributed by atoms with Crippen LogP contribution < -0.4 is 4.90 Å². The third-order valence-corrected chi connectivity index (χ3v) is 3.88. The van der Waals surface area contributed by atoms with E-state index >= 15 is 0 Å². The van der Waals surface area contributed by atoms with Gasteiger partial charge in [-0.15, -0.1) is 0 Å². The van der Waals surface area contributed by atoms with Gasteiger partial charge in [0.25, 0.3) is 0 Å². The molecule has 0 aromatic carbocycles. The van der Waals surface area contributed by atoms with Crippen LogP contribution in [0.15, 0.2) is 30.7 Å². The molecule has 1 saturated heterocycles. The summed E-state index contributed by atoms with van der Waals surface area (Å²) in [6, 6.07) is 4.81. The topological polar surface area (TPSA) is 48.0 Å². The summed E-state index contributed by atoms with van der Waals surface area (Å²) in [5, 5.41) is 0. The Morgan fingerprint density at radius 3 is 3.00 bits per heavy atom. The molecule has 0 amide bonds. The number of nitrogens with one attached hydrogen (secondary N) is 1. The van der Waals surface area contributed by atoms with Crippen molar-refractivity contribution in [2.75, 3.05) is 25.5 Å². The number of nitrogens with zero attached hydrogens (tertiary/aromatic N) is 4. The molecule has 1 atom stereocenters. The van der Waals surface area contributed by atoms with Gasteiger partial charge in [0, 0.05) is 38.7 Å². The number of H-pyrrole nitrogens is 1. The monoisotopic (exact) mass is 271 g/mol. The molecular formula is C15H21N5. The van der Waals surface area contributed by atoms with Crippen molar-refractivity contribution in [1.29, 1.82) is 0 Å². The van der Waals surface area contributed by atoms with E-state index in [0.717, 1.165) is 24.7 Å². The first kappa shape index (κ1) is 13.1. The maximum absolute atomic E-state index is 4.40. The summed E-state index contributed by atoms with van der Waals surface area (Å²) in [5.74, 6) is 2.06. The summed E-state index contributed by atoms with van der Waals surface area (Å²) >= 11 is 0. The van der Waals surface area contributed by atoms with E-state index in [1.807, 2.05) is 32.7 Å². The minimum Gasteiger partial charge on any atom is -0.363 e. The van der Waals surface area contributed by atoms with Crippen molar-refractivity contribution in [3.63, 3.8) is 0 Å². The normalized spacial score (nSPS) is 19.4. The molecule has 20 heavy (non-hydrogen) atoms. The summed E-state index contributed by atoms with van der Waals surface area (Å²) in [4.78, 5) is 16.5. The van der Waals surface area contributed by atoms with Crippen molar-refractivity contribution in [3.05, 3.63) is 42.1 Å². The predicted molar refractivity (Wildman–Crippen MR) is 79.5 cm³/mol. The number of likely N-dealkylation sites (tertiary alicyclic amines) is 1. The third kappa shape index (κ3) is 2.67. The van der Waals surface area contributed by atoms with E-state index in [1.165, 1.54) is 18.4 Å². The average molecular weight is 271 g/mol. The Morgan fingerprint density at radius 2 is 2.25 bits per heavy atom. The zero-order chi connectivity index (χ0) is 13.9. The van der Waals surface area contributed by atoms with Crippen LogP contribution in [0.2, 0.25) is 0 Å². The predicted octanol–water partition coefficient (Wildman–Crippen LogP) is 2.21. The number of pyridine rings is 1. The quantitative estimate of drug-likeness (QED) is 0.926. The molecule has 0 bridgehead atoms. The van der Waals surface area contributed by atoms with Crippen molar-refractivity contribution in [3.8, 4) is 0 Å². The number of hydrogen-bond donors (Lipinski definition) is 1. The number of anilines is 1. The van der Waals surface area contributed by atoms with Crippen LogP contribution in [0, 0.1) is 0 Å². The van der Waals surface area contributed by atoms with Gasteiger partial charge >= 0.3 is 0 Å². The number of imidazole rings is 1. The van der Waals surface area contributed by atoms with E-state index in [2.05, 4.69) is 36.9 Å². The van der Waals surface area contributed by atoms with Crippen LogP contribution in [0.25, 0.3) is 0 Å². The van der Waals surface area contributed by atoms with Crippen LogP contribution in [0.5, 0.6) is 0 Å². The molecule has 1 aliphatic heterocycles. The highest BCUT2D eigenvalue weighted by atomic mass is 15.2. The van der Waals surface area contributed by atoms with Crippen molar-refractivity contribution < 1.29 is 0 Å². The lowest BCUT2D eigenvalue weighted by molar-refractivity contribution is 0.243. The highest BCUT2D eigenvalue weighted by Gasteiger charge is 2.26. The van der Waals surface area contributed by atoms with Gasteiger partial charge in [0.2, 0.25) is 0 Å². The van der Waals surface area contributed by atoms with Crippen LogP contribution in [0.3, 0.4) is 0 Å². The summed E-state index contributed by atoms with van der Waals surface area (Å²) in [5.41, 5.74) is 1.35. The molecule has 0 spiro atoms. The second-order valence-electron chi connectivity index (χ2n) is 5.51. The first-order valence-electron chi connectivity index (χ1n) is 7.09. The van der Waals surface area contributed by atoms with E-state index in [4.69, 9.17) is 0 Å². The van der Waals surface area contributed by atoms with Crippen molar-refractivity contribution in [2.24, 2.45) is 0 Å². The zero-order valence-corrected chi connectivity index (χ0v) is 12.1. The second-order valence-corrected chi connectivity index (χ2v) is 5.51. The minimum absolute atomic E-state index is 0.474. The molecule has 5 nitrogen and oxygen atoms in total. The fourth-order valence-electron chi connectivity index (χ4n) is 2.86. The Morgan fingerprint density at radius 1 is 1.35 bits per heavy atom. The lowest BCUT2D eigenvalue weighted by Gasteiger charge is -2.24. The SMILES string of the molecule is CN(C)c1cc(C2CCCN2Cc2ncc[nH]2)ccn1. The van der Waals surface area contributed by atoms with Gasteiger partial charge in [-0.3, -0.25) is 4.90 Å². The second kappa shape index (κ2) is 5.63. The van der Waals surface area contributed by atoms with Gasteiger partial charge in [0.05, 0.1) is 6.54 Å². The molecule has 106 valence electrons. The van der Waals surface area contributed by atoms with Crippen molar-refractivity contribution in [2.45, 2.75) is 25.4 Å². The molecule has 1 unspecified atom stereocenters. The van der Waals surface area contributed by atoms with E-state index in [1.54, 1.807) is 0 Å². The van der Waals surface area contributed by atoms with Crippen LogP contribution >= 0.6 is 0 Å². The smallest absolute Gasteiger partial charge is 0.128 e. The largest absolute Gasteiger partial charge is 0.363 e. The molecule has 1 fully saturated rings. The first-order chi connectivity index (χ1) is 9.74. The van der Waals surface area contributed by atoms with Crippen molar-refractivity contribution >= 4 is 5.82 Å². The molecule has 2 aromatic heterocycles. The van der Waals surface area contributed by atoms with Gasteiger partial charge < -0.3 is 9.88 Å². The van der Waals surface area contributed by atoms with Crippen LogP contribution in [0.4, 0.5) is 5.82 Å². The Hall–Kier alpha value is -1.88. The third-order valence-electron chi connectivity index (χ3n) is 3.88. The first-order valence-corrected chi connectivity index (χ1v) is 7.09.